The Kier molecular flexibility index (Phi) is 3.83. The zero-order chi connectivity index (χ0) is 19.6. The van der Waals surface area contributed by atoms with Crippen LogP contribution in [0.25, 0.3) is 22.3 Å². The first-order chi connectivity index (χ1) is 13.5. The Labute approximate surface area is 165 Å². The van der Waals surface area contributed by atoms with Gasteiger partial charge in [-0.15, -0.1) is 0 Å². The molecule has 3 nitrogen and oxygen atoms in total. The molecular formula is C23H16ClFO3. The highest BCUT2D eigenvalue weighted by Crippen LogP contribution is 2.49. The van der Waals surface area contributed by atoms with E-state index in [9.17, 15) is 14.3 Å². The fraction of sp³-hybridized carbons (Fsp3) is 0.174. The van der Waals surface area contributed by atoms with Gasteiger partial charge in [-0.2, -0.15) is 0 Å². The average Bonchev–Trinajstić information content (AvgIpc) is 3.35. The number of rotatable bonds is 3. The molecule has 2 unspecified atom stereocenters. The van der Waals surface area contributed by atoms with Crippen molar-refractivity contribution < 1.29 is 18.7 Å². The maximum Gasteiger partial charge on any atom is 0.177 e. The zero-order valence-electron chi connectivity index (χ0n) is 15.0. The number of hydrogen-bond acceptors (Lipinski definition) is 3. The summed E-state index contributed by atoms with van der Waals surface area (Å²) in [6.07, 6.45) is -0.280. The summed E-state index contributed by atoms with van der Waals surface area (Å²) in [7, 11) is 0. The number of furan rings is 2. The minimum atomic E-state index is -0.976. The molecule has 4 aromatic rings. The Hall–Kier alpha value is -2.69. The lowest BCUT2D eigenvalue weighted by Crippen LogP contribution is -2.14. The van der Waals surface area contributed by atoms with Crippen molar-refractivity contribution in [2.45, 2.75) is 25.4 Å². The van der Waals surface area contributed by atoms with Crippen molar-refractivity contribution in [1.82, 2.24) is 0 Å². The number of ketones is 1. The number of aliphatic hydroxyl groups excluding tert-OH is 1. The monoisotopic (exact) mass is 394 g/mol. The highest BCUT2D eigenvalue weighted by molar-refractivity contribution is 6.30. The van der Waals surface area contributed by atoms with Crippen molar-refractivity contribution in [2.24, 2.45) is 0 Å². The lowest BCUT2D eigenvalue weighted by atomic mass is 9.86. The SMILES string of the molecule is CCc1ccc(-c2ccc(Cl)cc2F)cc1C1C(=O)c2c(c3ccc2o3)C1O. The maximum atomic E-state index is 14.4. The van der Waals surface area contributed by atoms with Gasteiger partial charge in [0.05, 0.1) is 17.6 Å². The van der Waals surface area contributed by atoms with Crippen LogP contribution in [-0.4, -0.2) is 10.9 Å². The van der Waals surface area contributed by atoms with E-state index in [1.165, 1.54) is 6.07 Å². The second-order valence-corrected chi connectivity index (χ2v) is 7.57. The summed E-state index contributed by atoms with van der Waals surface area (Å²) in [6.45, 7) is 1.99. The molecule has 0 radical (unpaired) electrons. The van der Waals surface area contributed by atoms with Gasteiger partial charge in [0.25, 0.3) is 0 Å². The number of benzene rings is 3. The lowest BCUT2D eigenvalue weighted by Gasteiger charge is -2.19. The summed E-state index contributed by atoms with van der Waals surface area (Å²) in [4.78, 5) is 13.2. The molecule has 1 N–H and O–H groups in total. The molecule has 0 fully saturated rings. The third-order valence-electron chi connectivity index (χ3n) is 5.63. The minimum Gasteiger partial charge on any atom is -0.456 e. The molecule has 0 spiro atoms. The zero-order valence-corrected chi connectivity index (χ0v) is 15.8. The molecule has 0 amide bonds. The minimum absolute atomic E-state index is 0.153. The van der Waals surface area contributed by atoms with Gasteiger partial charge >= 0.3 is 0 Å². The van der Waals surface area contributed by atoms with Crippen LogP contribution >= 0.6 is 11.6 Å². The quantitative estimate of drug-likeness (QED) is 0.470. The number of hydrogen-bond donors (Lipinski definition) is 1. The second-order valence-electron chi connectivity index (χ2n) is 7.13. The van der Waals surface area contributed by atoms with E-state index in [0.717, 1.165) is 11.1 Å². The molecule has 2 bridgehead atoms. The van der Waals surface area contributed by atoms with Crippen LogP contribution in [0.15, 0.2) is 52.9 Å². The molecule has 1 aliphatic rings. The van der Waals surface area contributed by atoms with Gasteiger partial charge < -0.3 is 9.52 Å². The number of fused-ring (bicyclic) bond motifs is 5. The number of Topliss-reactive ketones (excluding diaryl/α,β-unsaturated/α-hetero) is 1. The van der Waals surface area contributed by atoms with Crippen molar-refractivity contribution in [3.8, 4) is 11.1 Å². The fourth-order valence-electron chi connectivity index (χ4n) is 4.30. The third-order valence-corrected chi connectivity index (χ3v) is 5.87. The van der Waals surface area contributed by atoms with E-state index in [1.54, 1.807) is 24.3 Å². The normalized spacial score (nSPS) is 18.9. The Morgan fingerprint density at radius 2 is 1.89 bits per heavy atom. The van der Waals surface area contributed by atoms with Gasteiger partial charge in [-0.05, 0) is 59.5 Å². The Bertz CT molecular complexity index is 1230. The van der Waals surface area contributed by atoms with Gasteiger partial charge in [-0.3, -0.25) is 4.79 Å². The van der Waals surface area contributed by atoms with Crippen molar-refractivity contribution in [3.05, 3.63) is 81.6 Å². The van der Waals surface area contributed by atoms with Gasteiger partial charge in [0.15, 0.2) is 5.78 Å². The van der Waals surface area contributed by atoms with Gasteiger partial charge in [0, 0.05) is 16.1 Å². The molecule has 2 heterocycles. The lowest BCUT2D eigenvalue weighted by molar-refractivity contribution is 0.0871. The van der Waals surface area contributed by atoms with Crippen LogP contribution in [0, 0.1) is 5.82 Å². The van der Waals surface area contributed by atoms with Crippen LogP contribution in [0.1, 0.15) is 46.0 Å². The van der Waals surface area contributed by atoms with Gasteiger partial charge in [0.2, 0.25) is 0 Å². The largest absolute Gasteiger partial charge is 0.456 e. The van der Waals surface area contributed by atoms with Crippen LogP contribution in [-0.2, 0) is 6.42 Å². The molecule has 0 saturated heterocycles. The van der Waals surface area contributed by atoms with Crippen LogP contribution < -0.4 is 0 Å². The van der Waals surface area contributed by atoms with Gasteiger partial charge in [0.1, 0.15) is 17.0 Å². The summed E-state index contributed by atoms with van der Waals surface area (Å²) in [5, 5.41) is 11.3. The third kappa shape index (κ3) is 2.35. The molecule has 2 aromatic carbocycles. The Morgan fingerprint density at radius 3 is 2.61 bits per heavy atom. The van der Waals surface area contributed by atoms with E-state index in [2.05, 4.69) is 0 Å². The number of halogens is 2. The van der Waals surface area contributed by atoms with Crippen molar-refractivity contribution in [3.63, 3.8) is 0 Å². The van der Waals surface area contributed by atoms with Crippen molar-refractivity contribution in [1.29, 1.82) is 0 Å². The Morgan fingerprint density at radius 1 is 1.11 bits per heavy atom. The highest BCUT2D eigenvalue weighted by atomic mass is 35.5. The van der Waals surface area contributed by atoms with Crippen LogP contribution in [0.3, 0.4) is 0 Å². The molecule has 5 rings (SSSR count). The van der Waals surface area contributed by atoms with Crippen molar-refractivity contribution in [2.75, 3.05) is 0 Å². The number of aliphatic hydroxyl groups is 1. The second kappa shape index (κ2) is 6.16. The first-order valence-electron chi connectivity index (χ1n) is 9.15. The molecule has 140 valence electrons. The first-order valence-corrected chi connectivity index (χ1v) is 9.52. The number of carbonyl (C=O) groups is 1. The van der Waals surface area contributed by atoms with E-state index >= 15 is 0 Å². The Balaban J connectivity index is 1.65. The summed E-state index contributed by atoms with van der Waals surface area (Å²) in [6, 6.07) is 13.6. The molecular weight excluding hydrogens is 379 g/mol. The van der Waals surface area contributed by atoms with Crippen LogP contribution in [0.5, 0.6) is 0 Å². The summed E-state index contributed by atoms with van der Waals surface area (Å²) in [5.41, 5.74) is 4.82. The molecule has 5 heteroatoms. The molecule has 0 aliphatic heterocycles. The van der Waals surface area contributed by atoms with Crippen LogP contribution in [0.2, 0.25) is 5.02 Å². The first kappa shape index (κ1) is 17.4. The predicted molar refractivity (Wildman–Crippen MR) is 106 cm³/mol. The van der Waals surface area contributed by atoms with Crippen LogP contribution in [0.4, 0.5) is 4.39 Å². The number of aryl methyl sites for hydroxylation is 1. The van der Waals surface area contributed by atoms with E-state index < -0.39 is 17.8 Å². The molecule has 2 aromatic heterocycles. The van der Waals surface area contributed by atoms with Crippen molar-refractivity contribution >= 4 is 28.6 Å². The summed E-state index contributed by atoms with van der Waals surface area (Å²) < 4.78 is 20.0. The maximum absolute atomic E-state index is 14.4. The van der Waals surface area contributed by atoms with Gasteiger partial charge in [-0.1, -0.05) is 30.7 Å². The molecule has 2 atom stereocenters. The molecule has 0 saturated carbocycles. The van der Waals surface area contributed by atoms with E-state index in [1.807, 2.05) is 25.1 Å². The van der Waals surface area contributed by atoms with E-state index in [-0.39, 0.29) is 5.78 Å². The fourth-order valence-corrected chi connectivity index (χ4v) is 4.45. The predicted octanol–water partition coefficient (Wildman–Crippen LogP) is 5.91. The van der Waals surface area contributed by atoms with E-state index in [4.69, 9.17) is 16.0 Å². The smallest absolute Gasteiger partial charge is 0.177 e. The van der Waals surface area contributed by atoms with Gasteiger partial charge in [-0.25, -0.2) is 4.39 Å². The summed E-state index contributed by atoms with van der Waals surface area (Å²) in [5.74, 6) is -1.30. The molecule has 1 aliphatic carbocycles. The highest BCUT2D eigenvalue weighted by Gasteiger charge is 2.45. The standard InChI is InChI=1S/C23H16ClFO3/c1-2-11-3-4-12(14-6-5-13(24)10-16(14)25)9-15(11)19-22(26)20-17-7-8-18(28-17)21(20)23(19)27/h3-10,19,22,26H,2H2,1H3. The van der Waals surface area contributed by atoms with E-state index in [0.29, 0.717) is 44.9 Å². The summed E-state index contributed by atoms with van der Waals surface area (Å²) >= 11 is 5.87. The topological polar surface area (TPSA) is 50.4 Å². The number of carbonyl (C=O) groups excluding carboxylic acids is 1. The molecule has 28 heavy (non-hydrogen) atoms. The average molecular weight is 395 g/mol.